The zero-order valence-corrected chi connectivity index (χ0v) is 13.6. The number of benzene rings is 1. The highest BCUT2D eigenvalue weighted by molar-refractivity contribution is 8.26. The zero-order valence-electron chi connectivity index (χ0n) is 11.9. The summed E-state index contributed by atoms with van der Waals surface area (Å²) in [6.07, 6.45) is 1.71. The molecule has 1 aromatic carbocycles. The molecule has 0 aromatic heterocycles. The summed E-state index contributed by atoms with van der Waals surface area (Å²) in [5, 5.41) is 8.59. The third-order valence-corrected chi connectivity index (χ3v) is 4.31. The van der Waals surface area contributed by atoms with Gasteiger partial charge in [0.25, 0.3) is 5.91 Å². The highest BCUT2D eigenvalue weighted by Gasteiger charge is 2.30. The number of carboxylic acids is 1. The maximum absolute atomic E-state index is 12.1. The second-order valence-electron chi connectivity index (χ2n) is 4.49. The molecule has 1 aromatic rings. The Balaban J connectivity index is 2.10. The van der Waals surface area contributed by atoms with E-state index in [1.165, 1.54) is 11.8 Å². The number of thiocarbonyl (C=S) groups is 1. The first-order chi connectivity index (χ1) is 10.5. The van der Waals surface area contributed by atoms with E-state index in [2.05, 4.69) is 0 Å². The van der Waals surface area contributed by atoms with E-state index in [0.717, 1.165) is 5.56 Å². The third kappa shape index (κ3) is 4.08. The Morgan fingerprint density at radius 3 is 2.91 bits per heavy atom. The highest BCUT2D eigenvalue weighted by atomic mass is 32.2. The average Bonchev–Trinajstić information content (AvgIpc) is 2.73. The monoisotopic (exact) mass is 337 g/mol. The van der Waals surface area contributed by atoms with Crippen molar-refractivity contribution < 1.29 is 19.4 Å². The minimum atomic E-state index is -0.903. The van der Waals surface area contributed by atoms with Gasteiger partial charge in [0.2, 0.25) is 0 Å². The van der Waals surface area contributed by atoms with E-state index >= 15 is 0 Å². The first-order valence-corrected chi connectivity index (χ1v) is 7.93. The predicted molar refractivity (Wildman–Crippen MR) is 89.7 cm³/mol. The van der Waals surface area contributed by atoms with E-state index in [4.69, 9.17) is 22.1 Å². The molecule has 1 fully saturated rings. The number of hydrogen-bond acceptors (Lipinski definition) is 5. The summed E-state index contributed by atoms with van der Waals surface area (Å²) in [6, 6.07) is 7.15. The van der Waals surface area contributed by atoms with Crippen molar-refractivity contribution in [1.82, 2.24) is 4.90 Å². The molecule has 0 unspecified atom stereocenters. The molecule has 1 heterocycles. The van der Waals surface area contributed by atoms with Gasteiger partial charge in [0.05, 0.1) is 17.9 Å². The second-order valence-corrected chi connectivity index (χ2v) is 6.17. The molecule has 1 N–H and O–H groups in total. The summed E-state index contributed by atoms with van der Waals surface area (Å²) >= 11 is 6.44. The molecule has 1 aliphatic rings. The molecule has 0 radical (unpaired) electrons. The van der Waals surface area contributed by atoms with E-state index < -0.39 is 5.97 Å². The Morgan fingerprint density at radius 2 is 2.27 bits per heavy atom. The fraction of sp³-hybridized carbons (Fsp3) is 0.267. The second kappa shape index (κ2) is 7.42. The van der Waals surface area contributed by atoms with Crippen molar-refractivity contribution in [1.29, 1.82) is 0 Å². The largest absolute Gasteiger partial charge is 0.493 e. The smallest absolute Gasteiger partial charge is 0.306 e. The number of ether oxygens (including phenoxy) is 1. The first kappa shape index (κ1) is 16.5. The van der Waals surface area contributed by atoms with E-state index in [0.29, 0.717) is 21.5 Å². The van der Waals surface area contributed by atoms with Crippen LogP contribution in [0.2, 0.25) is 0 Å². The van der Waals surface area contributed by atoms with Crippen LogP contribution in [0.5, 0.6) is 5.75 Å². The average molecular weight is 337 g/mol. The van der Waals surface area contributed by atoms with Gasteiger partial charge in [-0.3, -0.25) is 14.5 Å². The molecule has 22 heavy (non-hydrogen) atoms. The molecule has 0 spiro atoms. The van der Waals surface area contributed by atoms with Crippen molar-refractivity contribution in [2.75, 3.05) is 13.2 Å². The topological polar surface area (TPSA) is 66.8 Å². The number of rotatable bonds is 6. The van der Waals surface area contributed by atoms with Gasteiger partial charge in [-0.25, -0.2) is 0 Å². The van der Waals surface area contributed by atoms with E-state index in [1.54, 1.807) is 29.2 Å². The number of carbonyl (C=O) groups excluding carboxylic acids is 1. The molecule has 1 aliphatic heterocycles. The third-order valence-electron chi connectivity index (χ3n) is 2.93. The Bertz CT molecular complexity index is 642. The molecule has 0 atom stereocenters. The van der Waals surface area contributed by atoms with Gasteiger partial charge >= 0.3 is 5.97 Å². The molecule has 1 saturated heterocycles. The summed E-state index contributed by atoms with van der Waals surface area (Å²) in [7, 11) is 0. The van der Waals surface area contributed by atoms with Crippen LogP contribution in [0.15, 0.2) is 29.2 Å². The summed E-state index contributed by atoms with van der Waals surface area (Å²) in [6.45, 7) is 2.54. The van der Waals surface area contributed by atoms with Crippen LogP contribution in [0, 0.1) is 0 Å². The van der Waals surface area contributed by atoms with Crippen molar-refractivity contribution in [3.8, 4) is 5.75 Å². The molecule has 7 heteroatoms. The Labute approximate surface area is 137 Å². The lowest BCUT2D eigenvalue weighted by Gasteiger charge is -2.09. The van der Waals surface area contributed by atoms with Gasteiger partial charge in [-0.2, -0.15) is 0 Å². The number of carbonyl (C=O) groups is 2. The van der Waals surface area contributed by atoms with Crippen molar-refractivity contribution >= 4 is 46.3 Å². The Hall–Kier alpha value is -1.86. The predicted octanol–water partition coefficient (Wildman–Crippen LogP) is 2.76. The molecular formula is C15H15NO4S2. The maximum Gasteiger partial charge on any atom is 0.306 e. The molecule has 0 aliphatic carbocycles. The minimum absolute atomic E-state index is 0.0562. The molecule has 0 saturated carbocycles. The number of carboxylic acid groups (broad SMARTS) is 1. The lowest BCUT2D eigenvalue weighted by molar-refractivity contribution is -0.137. The summed E-state index contributed by atoms with van der Waals surface area (Å²) in [5.41, 5.74) is 0.810. The lowest BCUT2D eigenvalue weighted by atomic mass is 10.2. The van der Waals surface area contributed by atoms with Crippen LogP contribution in [-0.2, 0) is 9.59 Å². The van der Waals surface area contributed by atoms with Crippen LogP contribution in [0.4, 0.5) is 0 Å². The summed E-state index contributed by atoms with van der Waals surface area (Å²) in [4.78, 5) is 24.7. The summed E-state index contributed by atoms with van der Waals surface area (Å²) < 4.78 is 5.94. The molecule has 1 amide bonds. The molecule has 0 bridgehead atoms. The number of hydrogen-bond donors (Lipinski definition) is 1. The van der Waals surface area contributed by atoms with Crippen LogP contribution in [0.3, 0.4) is 0 Å². The van der Waals surface area contributed by atoms with Crippen molar-refractivity contribution in [2.45, 2.75) is 13.3 Å². The minimum Gasteiger partial charge on any atom is -0.493 e. The first-order valence-electron chi connectivity index (χ1n) is 6.71. The molecule has 116 valence electrons. The molecular weight excluding hydrogens is 322 g/mol. The van der Waals surface area contributed by atoms with Crippen molar-refractivity contribution in [2.24, 2.45) is 0 Å². The SMILES string of the molecule is CCN1C(=O)C(=Cc2cccc(OCCC(=O)O)c2)SC1=S. The van der Waals surface area contributed by atoms with E-state index in [-0.39, 0.29) is 18.9 Å². The van der Waals surface area contributed by atoms with Crippen molar-refractivity contribution in [3.05, 3.63) is 34.7 Å². The van der Waals surface area contributed by atoms with Crippen LogP contribution in [-0.4, -0.2) is 39.4 Å². The van der Waals surface area contributed by atoms with Gasteiger partial charge in [-0.1, -0.05) is 36.1 Å². The lowest BCUT2D eigenvalue weighted by Crippen LogP contribution is -2.27. The summed E-state index contributed by atoms with van der Waals surface area (Å²) in [5.74, 6) is -0.421. The number of aliphatic carboxylic acids is 1. The zero-order chi connectivity index (χ0) is 16.1. The molecule has 5 nitrogen and oxygen atoms in total. The van der Waals surface area contributed by atoms with E-state index in [1.807, 2.05) is 13.0 Å². The van der Waals surface area contributed by atoms with Gasteiger partial charge in [0.1, 0.15) is 10.1 Å². The van der Waals surface area contributed by atoms with Crippen LogP contribution >= 0.6 is 24.0 Å². The fourth-order valence-electron chi connectivity index (χ4n) is 1.87. The Morgan fingerprint density at radius 1 is 1.50 bits per heavy atom. The van der Waals surface area contributed by atoms with Crippen molar-refractivity contribution in [3.63, 3.8) is 0 Å². The van der Waals surface area contributed by atoms with Gasteiger partial charge in [0.15, 0.2) is 0 Å². The van der Waals surface area contributed by atoms with Gasteiger partial charge in [-0.15, -0.1) is 0 Å². The Kier molecular flexibility index (Phi) is 5.57. The van der Waals surface area contributed by atoms with Crippen LogP contribution < -0.4 is 4.74 Å². The van der Waals surface area contributed by atoms with Gasteiger partial charge in [0, 0.05) is 6.54 Å². The van der Waals surface area contributed by atoms with E-state index in [9.17, 15) is 9.59 Å². The maximum atomic E-state index is 12.1. The van der Waals surface area contributed by atoms with Crippen LogP contribution in [0.25, 0.3) is 6.08 Å². The number of thioether (sulfide) groups is 1. The fourth-order valence-corrected chi connectivity index (χ4v) is 3.26. The molecule has 2 rings (SSSR count). The number of likely N-dealkylation sites (N-methyl/N-ethyl adjacent to an activating group) is 1. The standard InChI is InChI=1S/C15H15NO4S2/c1-2-16-14(19)12(22-15(16)21)9-10-4-3-5-11(8-10)20-7-6-13(17)18/h3-5,8-9H,2,6-7H2,1H3,(H,17,18). The highest BCUT2D eigenvalue weighted by Crippen LogP contribution is 2.32. The normalized spacial score (nSPS) is 16.4. The van der Waals surface area contributed by atoms with Gasteiger partial charge in [-0.05, 0) is 30.7 Å². The van der Waals surface area contributed by atoms with Gasteiger partial charge < -0.3 is 9.84 Å². The quantitative estimate of drug-likeness (QED) is 0.636. The number of nitrogens with zero attached hydrogens (tertiary/aromatic N) is 1. The number of amides is 1. The van der Waals surface area contributed by atoms with Crippen LogP contribution in [0.1, 0.15) is 18.9 Å².